The van der Waals surface area contributed by atoms with Crippen LogP contribution in [0.15, 0.2) is 29.2 Å². The fourth-order valence-electron chi connectivity index (χ4n) is 1.81. The lowest BCUT2D eigenvalue weighted by Crippen LogP contribution is -2.22. The van der Waals surface area contributed by atoms with Gasteiger partial charge in [-0.1, -0.05) is 32.9 Å². The monoisotopic (exact) mass is 279 g/mol. The summed E-state index contributed by atoms with van der Waals surface area (Å²) in [5.41, 5.74) is 1.47. The first-order valence-electron chi connectivity index (χ1n) is 6.80. The quantitative estimate of drug-likeness (QED) is 0.789. The third-order valence-corrected chi connectivity index (χ3v) is 3.72. The number of hydrogen-bond donors (Lipinski definition) is 1. The molecule has 0 aliphatic heterocycles. The molecule has 0 aliphatic carbocycles. The van der Waals surface area contributed by atoms with E-state index in [1.807, 2.05) is 0 Å². The number of thioether (sulfide) groups is 1. The predicted octanol–water partition coefficient (Wildman–Crippen LogP) is 4.24. The molecule has 3 heteroatoms. The van der Waals surface area contributed by atoms with Gasteiger partial charge in [-0.2, -0.15) is 0 Å². The van der Waals surface area contributed by atoms with Crippen molar-refractivity contribution < 1.29 is 4.79 Å². The lowest BCUT2D eigenvalue weighted by Gasteiger charge is -2.17. The molecule has 1 amide bonds. The van der Waals surface area contributed by atoms with Gasteiger partial charge in [0.1, 0.15) is 0 Å². The molecule has 1 aromatic carbocycles. The number of nitrogens with one attached hydrogen (secondary N) is 1. The Hall–Kier alpha value is -0.960. The normalized spacial score (nSPS) is 11.4. The summed E-state index contributed by atoms with van der Waals surface area (Å²) in [6, 6.07) is 8.32. The molecule has 1 N–H and O–H groups in total. The molecule has 1 aromatic rings. The lowest BCUT2D eigenvalue weighted by atomic mass is 9.90. The first-order chi connectivity index (χ1) is 8.90. The number of carbonyl (C=O) groups is 1. The largest absolute Gasteiger partial charge is 0.352 e. The molecule has 1 rings (SSSR count). The van der Waals surface area contributed by atoms with E-state index >= 15 is 0 Å². The maximum atomic E-state index is 11.7. The average molecular weight is 279 g/mol. The highest BCUT2D eigenvalue weighted by atomic mass is 32.2. The number of carbonyl (C=O) groups excluding carboxylic acids is 1. The topological polar surface area (TPSA) is 29.1 Å². The van der Waals surface area contributed by atoms with Gasteiger partial charge >= 0.3 is 0 Å². The Morgan fingerprint density at radius 3 is 2.37 bits per heavy atom. The molecule has 0 radical (unpaired) electrons. The van der Waals surface area contributed by atoms with Gasteiger partial charge in [-0.25, -0.2) is 0 Å². The Kier molecular flexibility index (Phi) is 6.43. The minimum atomic E-state index is 0.151. The Labute approximate surface area is 121 Å². The van der Waals surface area contributed by atoms with Gasteiger partial charge in [-0.05, 0) is 42.2 Å². The number of benzene rings is 1. The van der Waals surface area contributed by atoms with Crippen LogP contribution in [-0.2, 0) is 11.3 Å². The van der Waals surface area contributed by atoms with E-state index in [0.717, 1.165) is 18.4 Å². The van der Waals surface area contributed by atoms with Crippen LogP contribution in [0.5, 0.6) is 0 Å². The number of hydrogen-bond acceptors (Lipinski definition) is 2. The fraction of sp³-hybridized carbons (Fsp3) is 0.562. The van der Waals surface area contributed by atoms with Crippen molar-refractivity contribution in [1.29, 1.82) is 0 Å². The summed E-state index contributed by atoms with van der Waals surface area (Å²) in [7, 11) is 0. The van der Waals surface area contributed by atoms with E-state index in [1.54, 1.807) is 11.8 Å². The maximum Gasteiger partial charge on any atom is 0.220 e. The molecule has 0 fully saturated rings. The van der Waals surface area contributed by atoms with E-state index in [0.29, 0.717) is 18.4 Å². The molecule has 106 valence electrons. The molecule has 2 nitrogen and oxygen atoms in total. The van der Waals surface area contributed by atoms with Gasteiger partial charge in [0.25, 0.3) is 0 Å². The summed E-state index contributed by atoms with van der Waals surface area (Å²) >= 11 is 1.73. The lowest BCUT2D eigenvalue weighted by molar-refractivity contribution is -0.121. The SMILES string of the molecule is CSc1ccc(CNC(=O)CCCC(C)(C)C)cc1. The van der Waals surface area contributed by atoms with E-state index in [2.05, 4.69) is 56.6 Å². The van der Waals surface area contributed by atoms with Crippen LogP contribution in [0, 0.1) is 5.41 Å². The average Bonchev–Trinajstić information content (AvgIpc) is 2.35. The van der Waals surface area contributed by atoms with Gasteiger partial charge in [0.05, 0.1) is 0 Å². The van der Waals surface area contributed by atoms with Crippen molar-refractivity contribution in [3.63, 3.8) is 0 Å². The number of rotatable bonds is 6. The van der Waals surface area contributed by atoms with Gasteiger partial charge in [0, 0.05) is 17.9 Å². The van der Waals surface area contributed by atoms with Crippen molar-refractivity contribution in [2.75, 3.05) is 6.26 Å². The van der Waals surface area contributed by atoms with E-state index in [-0.39, 0.29) is 5.91 Å². The zero-order valence-electron chi connectivity index (χ0n) is 12.5. The summed E-state index contributed by atoms with van der Waals surface area (Å²) < 4.78 is 0. The van der Waals surface area contributed by atoms with Crippen LogP contribution in [0.1, 0.15) is 45.6 Å². The highest BCUT2D eigenvalue weighted by molar-refractivity contribution is 7.98. The van der Waals surface area contributed by atoms with Gasteiger partial charge in [0.15, 0.2) is 0 Å². The van der Waals surface area contributed by atoms with Gasteiger partial charge < -0.3 is 5.32 Å². The standard InChI is InChI=1S/C16H25NOS/c1-16(2,3)11-5-6-15(18)17-12-13-7-9-14(19-4)10-8-13/h7-10H,5-6,11-12H2,1-4H3,(H,17,18). The molecular formula is C16H25NOS. The Bertz CT molecular complexity index is 392. The van der Waals surface area contributed by atoms with Crippen LogP contribution in [0.4, 0.5) is 0 Å². The summed E-state index contributed by atoms with van der Waals surface area (Å²) in [5.74, 6) is 0.151. The van der Waals surface area contributed by atoms with Crippen molar-refractivity contribution in [2.45, 2.75) is 51.5 Å². The molecule has 0 saturated carbocycles. The van der Waals surface area contributed by atoms with Gasteiger partial charge in [-0.15, -0.1) is 11.8 Å². The molecule has 19 heavy (non-hydrogen) atoms. The summed E-state index contributed by atoms with van der Waals surface area (Å²) in [5, 5.41) is 2.98. The molecule has 0 spiro atoms. The minimum absolute atomic E-state index is 0.151. The molecular weight excluding hydrogens is 254 g/mol. The van der Waals surface area contributed by atoms with Gasteiger partial charge in [0.2, 0.25) is 5.91 Å². The summed E-state index contributed by atoms with van der Waals surface area (Å²) in [6.07, 6.45) is 4.73. The van der Waals surface area contributed by atoms with Crippen molar-refractivity contribution >= 4 is 17.7 Å². The van der Waals surface area contributed by atoms with Crippen molar-refractivity contribution in [2.24, 2.45) is 5.41 Å². The predicted molar refractivity (Wildman–Crippen MR) is 83.4 cm³/mol. The first kappa shape index (κ1) is 16.1. The van der Waals surface area contributed by atoms with Crippen LogP contribution in [-0.4, -0.2) is 12.2 Å². The second-order valence-electron chi connectivity index (χ2n) is 6.04. The molecule has 0 aliphatic rings. The van der Waals surface area contributed by atoms with E-state index < -0.39 is 0 Å². The zero-order valence-corrected chi connectivity index (χ0v) is 13.3. The smallest absolute Gasteiger partial charge is 0.220 e. The molecule has 0 heterocycles. The van der Waals surface area contributed by atoms with E-state index in [9.17, 15) is 4.79 Å². The highest BCUT2D eigenvalue weighted by Gasteiger charge is 2.10. The van der Waals surface area contributed by atoms with Crippen LogP contribution in [0.3, 0.4) is 0 Å². The van der Waals surface area contributed by atoms with Crippen molar-refractivity contribution in [3.05, 3.63) is 29.8 Å². The zero-order chi connectivity index (χ0) is 14.3. The van der Waals surface area contributed by atoms with Gasteiger partial charge in [-0.3, -0.25) is 4.79 Å². The number of amides is 1. The third kappa shape index (κ3) is 7.26. The Morgan fingerprint density at radius 1 is 1.21 bits per heavy atom. The summed E-state index contributed by atoms with van der Waals surface area (Å²) in [4.78, 5) is 13.0. The molecule has 0 atom stereocenters. The highest BCUT2D eigenvalue weighted by Crippen LogP contribution is 2.21. The van der Waals surface area contributed by atoms with Crippen LogP contribution >= 0.6 is 11.8 Å². The molecule has 0 bridgehead atoms. The molecule has 0 unspecified atom stereocenters. The van der Waals surface area contributed by atoms with Crippen LogP contribution in [0.2, 0.25) is 0 Å². The van der Waals surface area contributed by atoms with E-state index in [4.69, 9.17) is 0 Å². The van der Waals surface area contributed by atoms with Crippen molar-refractivity contribution in [3.8, 4) is 0 Å². The second-order valence-corrected chi connectivity index (χ2v) is 6.92. The molecule has 0 aromatic heterocycles. The van der Waals surface area contributed by atoms with Crippen molar-refractivity contribution in [1.82, 2.24) is 5.32 Å². The van der Waals surface area contributed by atoms with Crippen LogP contribution < -0.4 is 5.32 Å². The Morgan fingerprint density at radius 2 is 1.84 bits per heavy atom. The van der Waals surface area contributed by atoms with E-state index in [1.165, 1.54) is 4.90 Å². The first-order valence-corrected chi connectivity index (χ1v) is 8.03. The van der Waals surface area contributed by atoms with Crippen LogP contribution in [0.25, 0.3) is 0 Å². The fourth-order valence-corrected chi connectivity index (χ4v) is 2.22. The second kappa shape index (κ2) is 7.59. The Balaban J connectivity index is 2.26. The third-order valence-electron chi connectivity index (χ3n) is 2.98. The minimum Gasteiger partial charge on any atom is -0.352 e. The summed E-state index contributed by atoms with van der Waals surface area (Å²) in [6.45, 7) is 7.25. The maximum absolute atomic E-state index is 11.7. The molecule has 0 saturated heterocycles.